The lowest BCUT2D eigenvalue weighted by atomic mass is 10.0. The van der Waals surface area contributed by atoms with Gasteiger partial charge in [0.15, 0.2) is 5.78 Å². The van der Waals surface area contributed by atoms with Crippen molar-refractivity contribution in [3.05, 3.63) is 83.9 Å². The Balaban J connectivity index is 1.56. The van der Waals surface area contributed by atoms with Gasteiger partial charge in [0.2, 0.25) is 5.95 Å². The summed E-state index contributed by atoms with van der Waals surface area (Å²) >= 11 is 0. The van der Waals surface area contributed by atoms with Crippen molar-refractivity contribution in [3.63, 3.8) is 0 Å². The van der Waals surface area contributed by atoms with Crippen LogP contribution in [0, 0.1) is 0 Å². The summed E-state index contributed by atoms with van der Waals surface area (Å²) in [6, 6.07) is 20.2. The van der Waals surface area contributed by atoms with Crippen molar-refractivity contribution in [3.8, 4) is 0 Å². The molecule has 0 aliphatic carbocycles. The number of hydrogen-bond donors (Lipinski definition) is 4. The van der Waals surface area contributed by atoms with Crippen LogP contribution >= 0.6 is 0 Å². The summed E-state index contributed by atoms with van der Waals surface area (Å²) < 4.78 is 4.55. The fraction of sp³-hybridized carbons (Fsp3) is 0.0435. The van der Waals surface area contributed by atoms with E-state index >= 15 is 0 Å². The van der Waals surface area contributed by atoms with Gasteiger partial charge in [-0.25, -0.2) is 14.6 Å². The van der Waals surface area contributed by atoms with Gasteiger partial charge < -0.3 is 20.4 Å². The van der Waals surface area contributed by atoms with E-state index in [0.29, 0.717) is 33.5 Å². The van der Waals surface area contributed by atoms with E-state index in [1.165, 1.54) is 7.11 Å². The Hall–Kier alpha value is -4.66. The van der Waals surface area contributed by atoms with Crippen LogP contribution in [0.15, 0.2) is 72.8 Å². The third-order valence-electron chi connectivity index (χ3n) is 4.60. The fourth-order valence-electron chi connectivity index (χ4n) is 3.11. The largest absolute Gasteiger partial charge is 0.453 e. The van der Waals surface area contributed by atoms with Crippen LogP contribution in [-0.4, -0.2) is 35.0 Å². The number of ether oxygens (including phenoxy) is 1. The molecule has 0 spiro atoms. The molecule has 0 aliphatic rings. The zero-order chi connectivity index (χ0) is 22.5. The molecule has 9 nitrogen and oxygen atoms in total. The molecule has 4 rings (SSSR count). The first-order valence-electron chi connectivity index (χ1n) is 9.65. The fourth-order valence-corrected chi connectivity index (χ4v) is 3.11. The SMILES string of the molecule is COC(=O)Nc1nc2cc(C(=O)c3ccccc3NC(=O)Nc3ccccc3)ccc2[nH]1. The van der Waals surface area contributed by atoms with Crippen molar-refractivity contribution in [2.75, 3.05) is 23.1 Å². The first-order chi connectivity index (χ1) is 15.5. The van der Waals surface area contributed by atoms with Crippen molar-refractivity contribution >= 4 is 46.3 Å². The van der Waals surface area contributed by atoms with Crippen molar-refractivity contribution in [2.24, 2.45) is 0 Å². The maximum Gasteiger partial charge on any atom is 0.413 e. The number of hydrogen-bond acceptors (Lipinski definition) is 5. The number of ketones is 1. The zero-order valence-electron chi connectivity index (χ0n) is 17.0. The van der Waals surface area contributed by atoms with Crippen molar-refractivity contribution < 1.29 is 19.1 Å². The van der Waals surface area contributed by atoms with Gasteiger partial charge in [0.1, 0.15) is 0 Å². The minimum Gasteiger partial charge on any atom is -0.453 e. The normalized spacial score (nSPS) is 10.4. The molecule has 0 atom stereocenters. The molecular formula is C23H19N5O4. The number of aromatic nitrogens is 2. The second kappa shape index (κ2) is 9.00. The predicted octanol–water partition coefficient (Wildman–Crippen LogP) is 4.62. The van der Waals surface area contributed by atoms with Crippen molar-refractivity contribution in [1.29, 1.82) is 0 Å². The highest BCUT2D eigenvalue weighted by Crippen LogP contribution is 2.23. The lowest BCUT2D eigenvalue weighted by Crippen LogP contribution is -2.21. The molecule has 0 fully saturated rings. The van der Waals surface area contributed by atoms with Crippen LogP contribution in [0.5, 0.6) is 0 Å². The second-order valence-electron chi connectivity index (χ2n) is 6.75. The minimum absolute atomic E-state index is 0.205. The van der Waals surface area contributed by atoms with Crippen LogP contribution < -0.4 is 16.0 Å². The molecule has 0 aliphatic heterocycles. The standard InChI is InChI=1S/C23H19N5O4/c1-32-23(31)28-21-25-18-12-11-14(13-19(18)26-21)20(29)16-9-5-6-10-17(16)27-22(30)24-15-7-3-2-4-8-15/h2-13H,1H3,(H2,24,27,30)(H2,25,26,28,31). The molecule has 1 heterocycles. The molecule has 0 bridgehead atoms. The molecule has 1 aromatic heterocycles. The lowest BCUT2D eigenvalue weighted by molar-refractivity contribution is 0.103. The molecule has 3 amide bonds. The lowest BCUT2D eigenvalue weighted by Gasteiger charge is -2.11. The van der Waals surface area contributed by atoms with Crippen molar-refractivity contribution in [2.45, 2.75) is 0 Å². The van der Waals surface area contributed by atoms with Crippen LogP contribution in [0.4, 0.5) is 26.9 Å². The van der Waals surface area contributed by atoms with Gasteiger partial charge in [-0.2, -0.15) is 0 Å². The minimum atomic E-state index is -0.658. The van der Waals surface area contributed by atoms with Gasteiger partial charge in [0.25, 0.3) is 0 Å². The maximum absolute atomic E-state index is 13.2. The Kier molecular flexibility index (Phi) is 5.80. The summed E-state index contributed by atoms with van der Waals surface area (Å²) in [6.07, 6.45) is -0.658. The van der Waals surface area contributed by atoms with E-state index in [-0.39, 0.29) is 11.7 Å². The zero-order valence-corrected chi connectivity index (χ0v) is 17.0. The summed E-state index contributed by atoms with van der Waals surface area (Å²) in [5.41, 5.74) is 2.86. The number of nitrogens with zero attached hydrogens (tertiary/aromatic N) is 1. The van der Waals surface area contributed by atoms with Gasteiger partial charge in [0.05, 0.1) is 23.8 Å². The average Bonchev–Trinajstić information content (AvgIpc) is 3.20. The number of anilines is 3. The van der Waals surface area contributed by atoms with Crippen molar-refractivity contribution in [1.82, 2.24) is 9.97 Å². The smallest absolute Gasteiger partial charge is 0.413 e. The first kappa shape index (κ1) is 20.6. The first-order valence-corrected chi connectivity index (χ1v) is 9.65. The highest BCUT2D eigenvalue weighted by Gasteiger charge is 2.17. The molecule has 4 aromatic rings. The van der Waals surface area contributed by atoms with Crippen LogP contribution in [-0.2, 0) is 4.74 Å². The van der Waals surface area contributed by atoms with E-state index in [4.69, 9.17) is 0 Å². The van der Waals surface area contributed by atoms with Gasteiger partial charge in [-0.05, 0) is 42.5 Å². The molecule has 32 heavy (non-hydrogen) atoms. The average molecular weight is 429 g/mol. The topological polar surface area (TPSA) is 125 Å². The quantitative estimate of drug-likeness (QED) is 0.345. The molecule has 0 saturated carbocycles. The van der Waals surface area contributed by atoms with E-state index in [2.05, 4.69) is 30.7 Å². The number of fused-ring (bicyclic) bond motifs is 1. The Morgan fingerprint density at radius 2 is 1.62 bits per heavy atom. The monoisotopic (exact) mass is 429 g/mol. The second-order valence-corrected chi connectivity index (χ2v) is 6.75. The summed E-state index contributed by atoms with van der Waals surface area (Å²) in [4.78, 5) is 44.1. The number of rotatable bonds is 5. The van der Waals surface area contributed by atoms with E-state index in [0.717, 1.165) is 0 Å². The molecule has 0 saturated heterocycles. The number of imidazole rings is 1. The van der Waals surface area contributed by atoms with E-state index in [1.54, 1.807) is 54.6 Å². The number of H-pyrrole nitrogens is 1. The van der Waals surface area contributed by atoms with Crippen LogP contribution in [0.3, 0.4) is 0 Å². The van der Waals surface area contributed by atoms with E-state index < -0.39 is 12.1 Å². The number of methoxy groups -OCH3 is 1. The van der Waals surface area contributed by atoms with Gasteiger partial charge in [0, 0.05) is 16.8 Å². The van der Waals surface area contributed by atoms with Gasteiger partial charge in [-0.3, -0.25) is 10.1 Å². The summed E-state index contributed by atoms with van der Waals surface area (Å²) in [6.45, 7) is 0. The predicted molar refractivity (Wildman–Crippen MR) is 121 cm³/mol. The molecule has 3 aromatic carbocycles. The van der Waals surface area contributed by atoms with Crippen LogP contribution in [0.1, 0.15) is 15.9 Å². The number of benzene rings is 3. The number of carbonyl (C=O) groups excluding carboxylic acids is 3. The van der Waals surface area contributed by atoms with E-state index in [1.807, 2.05) is 18.2 Å². The maximum atomic E-state index is 13.2. The highest BCUT2D eigenvalue weighted by atomic mass is 16.5. The number of urea groups is 1. The van der Waals surface area contributed by atoms with Crippen LogP contribution in [0.2, 0.25) is 0 Å². The summed E-state index contributed by atoms with van der Waals surface area (Å²) in [5, 5.41) is 7.89. The van der Waals surface area contributed by atoms with E-state index in [9.17, 15) is 14.4 Å². The third kappa shape index (κ3) is 4.57. The number of aromatic amines is 1. The van der Waals surface area contributed by atoms with Gasteiger partial charge >= 0.3 is 12.1 Å². The third-order valence-corrected chi connectivity index (χ3v) is 4.60. The molecule has 4 N–H and O–H groups in total. The Labute approximate surface area is 182 Å². The summed E-state index contributed by atoms with van der Waals surface area (Å²) in [5.74, 6) is -0.0795. The van der Waals surface area contributed by atoms with Gasteiger partial charge in [-0.15, -0.1) is 0 Å². The molecular weight excluding hydrogens is 410 g/mol. The molecule has 0 radical (unpaired) electrons. The summed E-state index contributed by atoms with van der Waals surface area (Å²) in [7, 11) is 1.25. The number of amides is 3. The highest BCUT2D eigenvalue weighted by molar-refractivity contribution is 6.15. The number of carbonyl (C=O) groups is 3. The molecule has 0 unspecified atom stereocenters. The molecule has 9 heteroatoms. The Morgan fingerprint density at radius 1 is 0.875 bits per heavy atom. The number of nitrogens with one attached hydrogen (secondary N) is 4. The molecule has 160 valence electrons. The van der Waals surface area contributed by atoms with Gasteiger partial charge in [-0.1, -0.05) is 30.3 Å². The van der Waals surface area contributed by atoms with Crippen LogP contribution in [0.25, 0.3) is 11.0 Å². The Bertz CT molecular complexity index is 1300. The Morgan fingerprint density at radius 3 is 2.41 bits per heavy atom. The number of para-hydroxylation sites is 2.